The number of nitrogens with one attached hydrogen (secondary N) is 1. The second kappa shape index (κ2) is 7.19. The molecule has 0 amide bonds. The van der Waals surface area contributed by atoms with Crippen LogP contribution in [0.25, 0.3) is 11.1 Å². The number of benzene rings is 1. The van der Waals surface area contributed by atoms with Crippen molar-refractivity contribution in [3.8, 4) is 11.1 Å². The molecule has 4 heteroatoms. The minimum atomic E-state index is 0.503. The van der Waals surface area contributed by atoms with Gasteiger partial charge in [-0.25, -0.2) is 0 Å². The molecule has 0 saturated carbocycles. The van der Waals surface area contributed by atoms with Gasteiger partial charge in [-0.15, -0.1) is 0 Å². The molecule has 25 heavy (non-hydrogen) atoms. The Morgan fingerprint density at radius 1 is 1.20 bits per heavy atom. The lowest BCUT2D eigenvalue weighted by Gasteiger charge is -2.32. The maximum atomic E-state index is 4.36. The zero-order chi connectivity index (χ0) is 17.1. The summed E-state index contributed by atoms with van der Waals surface area (Å²) in [6.07, 6.45) is 8.21. The molecule has 1 unspecified atom stereocenters. The fraction of sp³-hybridized carbons (Fsp3) is 0.333. The highest BCUT2D eigenvalue weighted by molar-refractivity contribution is 5.66. The van der Waals surface area contributed by atoms with E-state index in [9.17, 15) is 0 Å². The molecule has 1 saturated heterocycles. The first kappa shape index (κ1) is 16.0. The largest absolute Gasteiger partial charge is 0.298 e. The Labute approximate surface area is 148 Å². The lowest BCUT2D eigenvalue weighted by Crippen LogP contribution is -2.34. The summed E-state index contributed by atoms with van der Waals surface area (Å²) in [5, 5.41) is 7.65. The number of pyridine rings is 1. The van der Waals surface area contributed by atoms with Crippen molar-refractivity contribution in [1.82, 2.24) is 20.1 Å². The third kappa shape index (κ3) is 3.64. The Kier molecular flexibility index (Phi) is 4.61. The van der Waals surface area contributed by atoms with Crippen molar-refractivity contribution in [3.05, 3.63) is 71.8 Å². The van der Waals surface area contributed by atoms with Gasteiger partial charge in [-0.1, -0.05) is 35.9 Å². The predicted octanol–water partition coefficient (Wildman–Crippen LogP) is 4.16. The number of hydrogen-bond donors (Lipinski definition) is 1. The van der Waals surface area contributed by atoms with Gasteiger partial charge in [0.25, 0.3) is 0 Å². The van der Waals surface area contributed by atoms with Gasteiger partial charge in [0.15, 0.2) is 0 Å². The maximum absolute atomic E-state index is 4.36. The van der Waals surface area contributed by atoms with E-state index in [1.54, 1.807) is 0 Å². The van der Waals surface area contributed by atoms with Crippen molar-refractivity contribution < 1.29 is 0 Å². The number of rotatable bonds is 4. The summed E-state index contributed by atoms with van der Waals surface area (Å²) in [6, 6.07) is 12.9. The SMILES string of the molecule is Cc1cccc(-c2cn[nH]c2C2CCCN(Cc3cccnc3)C2)c1. The van der Waals surface area contributed by atoms with Gasteiger partial charge in [0.1, 0.15) is 0 Å². The molecule has 4 nitrogen and oxygen atoms in total. The van der Waals surface area contributed by atoms with E-state index in [-0.39, 0.29) is 0 Å². The summed E-state index contributed by atoms with van der Waals surface area (Å²) < 4.78 is 0. The van der Waals surface area contributed by atoms with Gasteiger partial charge >= 0.3 is 0 Å². The second-order valence-corrected chi connectivity index (χ2v) is 7.00. The molecular formula is C21H24N4. The fourth-order valence-electron chi connectivity index (χ4n) is 3.83. The Morgan fingerprint density at radius 2 is 2.16 bits per heavy atom. The first-order chi connectivity index (χ1) is 12.3. The molecule has 4 rings (SSSR count). The van der Waals surface area contributed by atoms with Gasteiger partial charge in [0.05, 0.1) is 6.20 Å². The highest BCUT2D eigenvalue weighted by atomic mass is 15.2. The Morgan fingerprint density at radius 3 is 3.00 bits per heavy atom. The van der Waals surface area contributed by atoms with Crippen LogP contribution in [-0.4, -0.2) is 33.2 Å². The Bertz CT molecular complexity index is 825. The molecule has 0 spiro atoms. The normalized spacial score (nSPS) is 18.4. The first-order valence-corrected chi connectivity index (χ1v) is 9.01. The smallest absolute Gasteiger partial charge is 0.0568 e. The van der Waals surface area contributed by atoms with Crippen molar-refractivity contribution in [3.63, 3.8) is 0 Å². The van der Waals surface area contributed by atoms with Gasteiger partial charge in [-0.05, 0) is 43.5 Å². The van der Waals surface area contributed by atoms with Gasteiger partial charge in [0, 0.05) is 42.7 Å². The average Bonchev–Trinajstić information content (AvgIpc) is 3.13. The van der Waals surface area contributed by atoms with Crippen LogP contribution in [0.2, 0.25) is 0 Å². The molecule has 1 aliphatic heterocycles. The minimum Gasteiger partial charge on any atom is -0.298 e. The number of hydrogen-bond acceptors (Lipinski definition) is 3. The van der Waals surface area contributed by atoms with Gasteiger partial charge in [-0.2, -0.15) is 5.10 Å². The Hall–Kier alpha value is -2.46. The minimum absolute atomic E-state index is 0.503. The van der Waals surface area contributed by atoms with Crippen LogP contribution in [0.15, 0.2) is 55.0 Å². The van der Waals surface area contributed by atoms with Crippen molar-refractivity contribution >= 4 is 0 Å². The molecule has 0 aliphatic carbocycles. The molecule has 128 valence electrons. The zero-order valence-electron chi connectivity index (χ0n) is 14.7. The molecular weight excluding hydrogens is 308 g/mol. The molecule has 3 aromatic rings. The lowest BCUT2D eigenvalue weighted by atomic mass is 9.90. The standard InChI is InChI=1S/C21H24N4/c1-16-5-2-7-18(11-16)20-13-23-24-21(20)19-8-4-10-25(15-19)14-17-6-3-9-22-12-17/h2-3,5-7,9,11-13,19H,4,8,10,14-15H2,1H3,(H,23,24). The zero-order valence-corrected chi connectivity index (χ0v) is 14.7. The van der Waals surface area contributed by atoms with E-state index in [1.807, 2.05) is 24.7 Å². The first-order valence-electron chi connectivity index (χ1n) is 9.01. The van der Waals surface area contributed by atoms with Crippen LogP contribution in [0, 0.1) is 6.92 Å². The van der Waals surface area contributed by atoms with Crippen molar-refractivity contribution in [2.75, 3.05) is 13.1 Å². The van der Waals surface area contributed by atoms with Crippen molar-refractivity contribution in [2.24, 2.45) is 0 Å². The van der Waals surface area contributed by atoms with E-state index in [1.165, 1.54) is 40.8 Å². The average molecular weight is 332 g/mol. The summed E-state index contributed by atoms with van der Waals surface area (Å²) >= 11 is 0. The van der Waals surface area contributed by atoms with Gasteiger partial charge in [0.2, 0.25) is 0 Å². The van der Waals surface area contributed by atoms with E-state index >= 15 is 0 Å². The molecule has 1 aliphatic rings. The summed E-state index contributed by atoms with van der Waals surface area (Å²) in [7, 11) is 0. The number of likely N-dealkylation sites (tertiary alicyclic amines) is 1. The van der Waals surface area contributed by atoms with E-state index in [0.29, 0.717) is 5.92 Å². The molecule has 3 heterocycles. The molecule has 2 aromatic heterocycles. The third-order valence-corrected chi connectivity index (χ3v) is 5.04. The molecule has 1 N–H and O–H groups in total. The van der Waals surface area contributed by atoms with Crippen LogP contribution < -0.4 is 0 Å². The van der Waals surface area contributed by atoms with Crippen LogP contribution in [0.4, 0.5) is 0 Å². The maximum Gasteiger partial charge on any atom is 0.0568 e. The van der Waals surface area contributed by atoms with E-state index in [2.05, 4.69) is 57.3 Å². The third-order valence-electron chi connectivity index (χ3n) is 5.04. The summed E-state index contributed by atoms with van der Waals surface area (Å²) in [5.41, 5.74) is 6.35. The topological polar surface area (TPSA) is 44.8 Å². The fourth-order valence-corrected chi connectivity index (χ4v) is 3.83. The molecule has 1 fully saturated rings. The quantitative estimate of drug-likeness (QED) is 0.780. The number of aromatic amines is 1. The van der Waals surface area contributed by atoms with E-state index in [4.69, 9.17) is 0 Å². The highest BCUT2D eigenvalue weighted by Gasteiger charge is 2.25. The number of aromatic nitrogens is 3. The molecule has 0 bridgehead atoms. The highest BCUT2D eigenvalue weighted by Crippen LogP contribution is 2.33. The van der Waals surface area contributed by atoms with Crippen molar-refractivity contribution in [2.45, 2.75) is 32.2 Å². The molecule has 1 aromatic carbocycles. The van der Waals surface area contributed by atoms with E-state index < -0.39 is 0 Å². The van der Waals surface area contributed by atoms with Gasteiger partial charge < -0.3 is 0 Å². The summed E-state index contributed by atoms with van der Waals surface area (Å²) in [5.74, 6) is 0.503. The Balaban J connectivity index is 1.53. The summed E-state index contributed by atoms with van der Waals surface area (Å²) in [6.45, 7) is 5.33. The number of nitrogens with zero attached hydrogens (tertiary/aromatic N) is 3. The molecule has 1 atom stereocenters. The van der Waals surface area contributed by atoms with Crippen LogP contribution in [-0.2, 0) is 6.54 Å². The summed E-state index contributed by atoms with van der Waals surface area (Å²) in [4.78, 5) is 6.77. The van der Waals surface area contributed by atoms with Crippen LogP contribution in [0.3, 0.4) is 0 Å². The number of aryl methyl sites for hydroxylation is 1. The molecule has 0 radical (unpaired) electrons. The number of piperidine rings is 1. The van der Waals surface area contributed by atoms with Crippen LogP contribution in [0.5, 0.6) is 0 Å². The second-order valence-electron chi connectivity index (χ2n) is 7.00. The number of H-pyrrole nitrogens is 1. The monoisotopic (exact) mass is 332 g/mol. The van der Waals surface area contributed by atoms with E-state index in [0.717, 1.165) is 19.6 Å². The lowest BCUT2D eigenvalue weighted by molar-refractivity contribution is 0.198. The van der Waals surface area contributed by atoms with Crippen LogP contribution in [0.1, 0.15) is 35.6 Å². The van der Waals surface area contributed by atoms with Crippen LogP contribution >= 0.6 is 0 Å². The van der Waals surface area contributed by atoms with Gasteiger partial charge in [-0.3, -0.25) is 15.0 Å². The van der Waals surface area contributed by atoms with Crippen molar-refractivity contribution in [1.29, 1.82) is 0 Å². The predicted molar refractivity (Wildman–Crippen MR) is 100 cm³/mol.